The van der Waals surface area contributed by atoms with E-state index in [1.54, 1.807) is 0 Å². The molecule has 2 aromatic heterocycles. The van der Waals surface area contributed by atoms with Crippen LogP contribution in [0.15, 0.2) is 40.9 Å². The number of amides is 1. The molecule has 146 valence electrons. The largest absolute Gasteiger partial charge is 0.336 e. The monoisotopic (exact) mass is 377 g/mol. The van der Waals surface area contributed by atoms with Crippen LogP contribution < -0.4 is 0 Å². The van der Waals surface area contributed by atoms with E-state index in [-0.39, 0.29) is 17.9 Å². The molecule has 0 spiro atoms. The molecule has 0 aliphatic heterocycles. The van der Waals surface area contributed by atoms with Crippen LogP contribution in [0.25, 0.3) is 11.1 Å². The molecule has 1 aliphatic rings. The molecule has 1 unspecified atom stereocenters. The Morgan fingerprint density at radius 3 is 2.57 bits per heavy atom. The molecule has 0 saturated heterocycles. The number of carbonyl (C=O) groups excluding carboxylic acids is 1. The molecule has 2 heterocycles. The van der Waals surface area contributed by atoms with E-state index in [2.05, 4.69) is 43.0 Å². The summed E-state index contributed by atoms with van der Waals surface area (Å²) in [5.74, 6) is 0.812. The molecule has 0 radical (unpaired) electrons. The van der Waals surface area contributed by atoms with Gasteiger partial charge in [-0.15, -0.1) is 0 Å². The lowest BCUT2D eigenvalue weighted by atomic mass is 10.0. The Morgan fingerprint density at radius 1 is 1.21 bits per heavy atom. The fourth-order valence-electron chi connectivity index (χ4n) is 3.75. The Kier molecular flexibility index (Phi) is 4.92. The summed E-state index contributed by atoms with van der Waals surface area (Å²) in [5.41, 5.74) is 3.80. The van der Waals surface area contributed by atoms with Crippen molar-refractivity contribution < 1.29 is 9.32 Å². The molecular formula is C23H27N3O2. The van der Waals surface area contributed by atoms with Crippen LogP contribution in [0, 0.1) is 12.8 Å². The molecule has 1 aliphatic carbocycles. The first-order valence-electron chi connectivity index (χ1n) is 10.1. The van der Waals surface area contributed by atoms with Crippen molar-refractivity contribution in [1.82, 2.24) is 15.0 Å². The van der Waals surface area contributed by atoms with Crippen molar-refractivity contribution in [3.63, 3.8) is 0 Å². The highest BCUT2D eigenvalue weighted by Gasteiger charge is 2.35. The summed E-state index contributed by atoms with van der Waals surface area (Å²) in [5, 5.41) is 4.80. The van der Waals surface area contributed by atoms with Crippen molar-refractivity contribution in [2.75, 3.05) is 0 Å². The zero-order chi connectivity index (χ0) is 19.8. The number of aryl methyl sites for hydroxylation is 1. The minimum atomic E-state index is 0.0313. The molecule has 5 heteroatoms. The number of rotatable bonds is 6. The van der Waals surface area contributed by atoms with Gasteiger partial charge in [0.15, 0.2) is 0 Å². The topological polar surface area (TPSA) is 59.2 Å². The lowest BCUT2D eigenvalue weighted by Gasteiger charge is -2.30. The van der Waals surface area contributed by atoms with Crippen molar-refractivity contribution in [3.8, 4) is 0 Å². The van der Waals surface area contributed by atoms with E-state index in [1.807, 2.05) is 36.1 Å². The van der Waals surface area contributed by atoms with Crippen molar-refractivity contribution in [2.45, 2.75) is 59.0 Å². The highest BCUT2D eigenvalue weighted by atomic mass is 16.5. The molecular weight excluding hydrogens is 350 g/mol. The number of nitrogens with zero attached hydrogens (tertiary/aromatic N) is 3. The first kappa shape index (κ1) is 18.7. The number of fused-ring (bicyclic) bond motifs is 1. The Morgan fingerprint density at radius 2 is 1.93 bits per heavy atom. The minimum Gasteiger partial charge on any atom is -0.336 e. The number of carbonyl (C=O) groups is 1. The highest BCUT2D eigenvalue weighted by molar-refractivity contribution is 6.06. The predicted molar refractivity (Wildman–Crippen MR) is 109 cm³/mol. The predicted octanol–water partition coefficient (Wildman–Crippen LogP) is 5.10. The van der Waals surface area contributed by atoms with Gasteiger partial charge < -0.3 is 9.42 Å². The van der Waals surface area contributed by atoms with Crippen LogP contribution in [0.5, 0.6) is 0 Å². The summed E-state index contributed by atoms with van der Waals surface area (Å²) >= 11 is 0. The van der Waals surface area contributed by atoms with Crippen LogP contribution in [0.1, 0.15) is 66.8 Å². The fourth-order valence-corrected chi connectivity index (χ4v) is 3.75. The van der Waals surface area contributed by atoms with E-state index >= 15 is 0 Å². The van der Waals surface area contributed by atoms with Gasteiger partial charge in [-0.1, -0.05) is 49.3 Å². The van der Waals surface area contributed by atoms with E-state index in [0.29, 0.717) is 29.4 Å². The molecule has 1 amide bonds. The van der Waals surface area contributed by atoms with Gasteiger partial charge in [0.25, 0.3) is 11.6 Å². The van der Waals surface area contributed by atoms with Crippen molar-refractivity contribution in [3.05, 3.63) is 58.9 Å². The Bertz CT molecular complexity index is 990. The van der Waals surface area contributed by atoms with E-state index in [9.17, 15) is 4.79 Å². The molecule has 0 N–H and O–H groups in total. The normalized spacial score (nSPS) is 15.2. The number of hydrogen-bond acceptors (Lipinski definition) is 4. The van der Waals surface area contributed by atoms with Crippen LogP contribution in [0.4, 0.5) is 0 Å². The van der Waals surface area contributed by atoms with Crippen molar-refractivity contribution >= 4 is 17.0 Å². The number of pyridine rings is 1. The van der Waals surface area contributed by atoms with Gasteiger partial charge in [0.1, 0.15) is 0 Å². The van der Waals surface area contributed by atoms with Crippen LogP contribution >= 0.6 is 0 Å². The van der Waals surface area contributed by atoms with Gasteiger partial charge in [-0.2, -0.15) is 0 Å². The Balaban J connectivity index is 1.78. The summed E-state index contributed by atoms with van der Waals surface area (Å²) in [4.78, 5) is 20.4. The number of benzene rings is 1. The molecule has 5 nitrogen and oxygen atoms in total. The third-order valence-electron chi connectivity index (χ3n) is 5.71. The summed E-state index contributed by atoms with van der Waals surface area (Å²) in [6, 6.07) is 12.3. The molecule has 1 atom stereocenters. The van der Waals surface area contributed by atoms with E-state index in [4.69, 9.17) is 4.52 Å². The second-order valence-corrected chi connectivity index (χ2v) is 8.19. The van der Waals surface area contributed by atoms with Gasteiger partial charge in [0.2, 0.25) is 0 Å². The third-order valence-corrected chi connectivity index (χ3v) is 5.71. The highest BCUT2D eigenvalue weighted by Crippen LogP contribution is 2.37. The van der Waals surface area contributed by atoms with Gasteiger partial charge in [0, 0.05) is 18.3 Å². The minimum absolute atomic E-state index is 0.0313. The van der Waals surface area contributed by atoms with Crippen LogP contribution in [0.2, 0.25) is 0 Å². The number of aromatic nitrogens is 2. The summed E-state index contributed by atoms with van der Waals surface area (Å²) in [7, 11) is 0. The molecule has 1 fully saturated rings. The zero-order valence-corrected chi connectivity index (χ0v) is 17.0. The van der Waals surface area contributed by atoms with Gasteiger partial charge in [-0.25, -0.2) is 4.98 Å². The SMILES string of the molecule is Cc1noc2nc(C(C)C)cc(C(=O)N(Cc3ccccc3)C(C)C3CC3)c12. The average molecular weight is 377 g/mol. The standard InChI is InChI=1S/C23H27N3O2/c1-14(2)20-12-19(21-15(3)25-28-22(21)24-20)23(27)26(16(4)18-10-11-18)13-17-8-6-5-7-9-17/h5-9,12,14,16,18H,10-11,13H2,1-4H3. The second kappa shape index (κ2) is 7.38. The third kappa shape index (κ3) is 3.53. The van der Waals surface area contributed by atoms with Gasteiger partial charge in [0.05, 0.1) is 16.6 Å². The average Bonchev–Trinajstić information content (AvgIpc) is 3.48. The first-order valence-corrected chi connectivity index (χ1v) is 10.1. The molecule has 28 heavy (non-hydrogen) atoms. The van der Waals surface area contributed by atoms with Gasteiger partial charge in [-0.3, -0.25) is 4.79 Å². The first-order chi connectivity index (χ1) is 13.5. The van der Waals surface area contributed by atoms with E-state index < -0.39 is 0 Å². The van der Waals surface area contributed by atoms with Crippen LogP contribution in [0.3, 0.4) is 0 Å². The maximum atomic E-state index is 13.8. The summed E-state index contributed by atoms with van der Waals surface area (Å²) in [6.07, 6.45) is 2.38. The summed E-state index contributed by atoms with van der Waals surface area (Å²) in [6.45, 7) is 8.77. The zero-order valence-electron chi connectivity index (χ0n) is 17.0. The molecule has 0 bridgehead atoms. The second-order valence-electron chi connectivity index (χ2n) is 8.19. The van der Waals surface area contributed by atoms with E-state index in [1.165, 1.54) is 12.8 Å². The molecule has 4 rings (SSSR count). The fraction of sp³-hybridized carbons (Fsp3) is 0.435. The molecule has 1 aromatic carbocycles. The van der Waals surface area contributed by atoms with E-state index in [0.717, 1.165) is 16.6 Å². The lowest BCUT2D eigenvalue weighted by molar-refractivity contribution is 0.0656. The van der Waals surface area contributed by atoms with Gasteiger partial charge >= 0.3 is 0 Å². The maximum absolute atomic E-state index is 13.8. The summed E-state index contributed by atoms with van der Waals surface area (Å²) < 4.78 is 5.42. The Hall–Kier alpha value is -2.69. The van der Waals surface area contributed by atoms with Crippen LogP contribution in [-0.4, -0.2) is 27.0 Å². The van der Waals surface area contributed by atoms with Gasteiger partial charge in [-0.05, 0) is 50.2 Å². The van der Waals surface area contributed by atoms with Crippen molar-refractivity contribution in [2.24, 2.45) is 5.92 Å². The van der Waals surface area contributed by atoms with Crippen LogP contribution in [-0.2, 0) is 6.54 Å². The smallest absolute Gasteiger partial charge is 0.259 e. The quantitative estimate of drug-likeness (QED) is 0.600. The Labute approximate surface area is 165 Å². The lowest BCUT2D eigenvalue weighted by Crippen LogP contribution is -2.39. The van der Waals surface area contributed by atoms with Crippen molar-refractivity contribution in [1.29, 1.82) is 0 Å². The molecule has 1 saturated carbocycles. The molecule has 3 aromatic rings. The maximum Gasteiger partial charge on any atom is 0.259 e. The number of hydrogen-bond donors (Lipinski definition) is 0.